The Balaban J connectivity index is 1.41. The third-order valence-electron chi connectivity index (χ3n) is 10.1. The molecule has 0 bridgehead atoms. The Morgan fingerprint density at radius 1 is 0.529 bits per heavy atom. The third kappa shape index (κ3) is 4.89. The summed E-state index contributed by atoms with van der Waals surface area (Å²) < 4.78 is 6.63. The Bertz CT molecular complexity index is 2470. The van der Waals surface area contributed by atoms with Crippen molar-refractivity contribution in [3.05, 3.63) is 211 Å². The monoisotopic (exact) mass is 654 g/mol. The predicted octanol–water partition coefficient (Wildman–Crippen LogP) is 11.9. The molecular formula is C48H34N2O. The van der Waals surface area contributed by atoms with Crippen LogP contribution < -0.4 is 4.74 Å². The van der Waals surface area contributed by atoms with Gasteiger partial charge in [0.1, 0.15) is 11.5 Å². The zero-order valence-electron chi connectivity index (χ0n) is 28.3. The van der Waals surface area contributed by atoms with E-state index in [0.717, 1.165) is 56.3 Å². The van der Waals surface area contributed by atoms with Crippen LogP contribution in [0, 0.1) is 0 Å². The quantitative estimate of drug-likeness (QED) is 0.173. The molecule has 1 spiro atoms. The fourth-order valence-corrected chi connectivity index (χ4v) is 7.94. The van der Waals surface area contributed by atoms with Crippen LogP contribution in [0.5, 0.6) is 5.75 Å². The predicted molar refractivity (Wildman–Crippen MR) is 208 cm³/mol. The molecule has 1 aliphatic carbocycles. The van der Waals surface area contributed by atoms with Crippen molar-refractivity contribution in [1.29, 1.82) is 0 Å². The molecule has 1 aromatic heterocycles. The number of rotatable bonds is 5. The lowest BCUT2D eigenvalue weighted by atomic mass is 9.61. The summed E-state index contributed by atoms with van der Waals surface area (Å²) in [7, 11) is 0. The fourth-order valence-electron chi connectivity index (χ4n) is 7.94. The molecule has 6 aromatic carbocycles. The van der Waals surface area contributed by atoms with Crippen molar-refractivity contribution >= 4 is 0 Å². The van der Waals surface area contributed by atoms with Gasteiger partial charge in [0.15, 0.2) is 5.82 Å². The second-order valence-corrected chi connectivity index (χ2v) is 13.0. The molecule has 242 valence electrons. The van der Waals surface area contributed by atoms with Crippen LogP contribution in [0.25, 0.3) is 56.2 Å². The molecule has 51 heavy (non-hydrogen) atoms. The van der Waals surface area contributed by atoms with E-state index in [1.807, 2.05) is 36.4 Å². The van der Waals surface area contributed by atoms with E-state index in [0.29, 0.717) is 5.82 Å². The molecule has 7 aromatic rings. The molecular weight excluding hydrogens is 621 g/mol. The van der Waals surface area contributed by atoms with E-state index in [4.69, 9.17) is 14.7 Å². The van der Waals surface area contributed by atoms with Crippen LogP contribution in [0.15, 0.2) is 194 Å². The summed E-state index contributed by atoms with van der Waals surface area (Å²) in [4.78, 5) is 10.3. The van der Waals surface area contributed by atoms with Gasteiger partial charge in [-0.1, -0.05) is 164 Å². The molecule has 0 radical (unpaired) electrons. The Morgan fingerprint density at radius 2 is 1.10 bits per heavy atom. The average molecular weight is 655 g/mol. The molecule has 1 unspecified atom stereocenters. The Morgan fingerprint density at radius 3 is 1.80 bits per heavy atom. The lowest BCUT2D eigenvalue weighted by Gasteiger charge is -2.43. The standard InChI is InChI=1S/C48H34N2O/c1-3-4-24-40-32(2)51-46-27-16-15-26-42(46)48(40)41-25-14-13-23-38(41)36-21-11-12-22-37(36)39-29-28-35(30-43(39)48)45-31-44(33-17-7-5-8-18-33)49-47(50-45)34-19-9-6-10-20-34/h3-31H,1H2,2H3/b24-4-. The Labute approximate surface area is 298 Å². The number of fused-ring (bicyclic) bond motifs is 9. The first-order chi connectivity index (χ1) is 25.2. The van der Waals surface area contributed by atoms with Gasteiger partial charge in [-0.05, 0) is 58.5 Å². The molecule has 0 saturated carbocycles. The fraction of sp³-hybridized carbons (Fsp3) is 0.0417. The minimum Gasteiger partial charge on any atom is -0.461 e. The number of aromatic nitrogens is 2. The van der Waals surface area contributed by atoms with Crippen LogP contribution in [-0.4, -0.2) is 9.97 Å². The molecule has 0 N–H and O–H groups in total. The molecule has 3 heteroatoms. The van der Waals surface area contributed by atoms with Crippen molar-refractivity contribution < 1.29 is 4.74 Å². The zero-order chi connectivity index (χ0) is 34.4. The second-order valence-electron chi connectivity index (χ2n) is 13.0. The minimum atomic E-state index is -0.725. The molecule has 1 atom stereocenters. The van der Waals surface area contributed by atoms with Crippen molar-refractivity contribution in [1.82, 2.24) is 9.97 Å². The van der Waals surface area contributed by atoms with Crippen LogP contribution in [0.1, 0.15) is 23.6 Å². The highest BCUT2D eigenvalue weighted by molar-refractivity contribution is 5.94. The van der Waals surface area contributed by atoms with Crippen LogP contribution in [0.2, 0.25) is 0 Å². The third-order valence-corrected chi connectivity index (χ3v) is 10.1. The number of nitrogens with zero attached hydrogens (tertiary/aromatic N) is 2. The van der Waals surface area contributed by atoms with Crippen molar-refractivity contribution in [2.45, 2.75) is 12.3 Å². The SMILES string of the molecule is C=C/C=C\C1=C(C)Oc2ccccc2C12c1ccccc1-c1ccccc1-c1ccc(-c3cc(-c4ccccc4)nc(-c4ccccc4)n3)cc12. The molecule has 9 rings (SSSR count). The smallest absolute Gasteiger partial charge is 0.160 e. The van der Waals surface area contributed by atoms with E-state index in [2.05, 4.69) is 153 Å². The summed E-state index contributed by atoms with van der Waals surface area (Å²) in [6.45, 7) is 6.12. The minimum absolute atomic E-state index is 0.689. The highest BCUT2D eigenvalue weighted by Crippen LogP contribution is 2.59. The van der Waals surface area contributed by atoms with Crippen molar-refractivity contribution in [3.63, 3.8) is 0 Å². The maximum atomic E-state index is 6.63. The zero-order valence-corrected chi connectivity index (χ0v) is 28.3. The number of hydrogen-bond donors (Lipinski definition) is 0. The van der Waals surface area contributed by atoms with Gasteiger partial charge in [0.2, 0.25) is 0 Å². The molecule has 1 aliphatic heterocycles. The number of allylic oxidation sites excluding steroid dienone is 5. The lowest BCUT2D eigenvalue weighted by Crippen LogP contribution is -2.36. The number of benzene rings is 6. The van der Waals surface area contributed by atoms with E-state index in [1.54, 1.807) is 0 Å². The summed E-state index contributed by atoms with van der Waals surface area (Å²) in [5, 5.41) is 0. The van der Waals surface area contributed by atoms with E-state index in [-0.39, 0.29) is 0 Å². The van der Waals surface area contributed by atoms with Gasteiger partial charge in [-0.3, -0.25) is 0 Å². The molecule has 0 fully saturated rings. The maximum Gasteiger partial charge on any atom is 0.160 e. The molecule has 0 amide bonds. The number of hydrogen-bond acceptors (Lipinski definition) is 3. The summed E-state index contributed by atoms with van der Waals surface area (Å²) >= 11 is 0. The maximum absolute atomic E-state index is 6.63. The summed E-state index contributed by atoms with van der Waals surface area (Å²) in [5.74, 6) is 2.39. The summed E-state index contributed by atoms with van der Waals surface area (Å²) in [6.07, 6.45) is 6.03. The topological polar surface area (TPSA) is 35.0 Å². The van der Waals surface area contributed by atoms with Crippen LogP contribution in [0.3, 0.4) is 0 Å². The van der Waals surface area contributed by atoms with Gasteiger partial charge < -0.3 is 4.74 Å². The van der Waals surface area contributed by atoms with Gasteiger partial charge in [0.05, 0.1) is 16.8 Å². The summed E-state index contributed by atoms with van der Waals surface area (Å²) in [6, 6.07) is 55.6. The average Bonchev–Trinajstić information content (AvgIpc) is 3.30. The normalized spacial score (nSPS) is 15.7. The molecule has 2 heterocycles. The van der Waals surface area contributed by atoms with Gasteiger partial charge in [-0.2, -0.15) is 0 Å². The summed E-state index contributed by atoms with van der Waals surface area (Å²) in [5.41, 5.74) is 13.3. The van der Waals surface area contributed by atoms with Crippen LogP contribution >= 0.6 is 0 Å². The largest absolute Gasteiger partial charge is 0.461 e. The molecule has 2 aliphatic rings. The second kappa shape index (κ2) is 12.4. The van der Waals surface area contributed by atoms with Gasteiger partial charge in [0, 0.05) is 27.8 Å². The van der Waals surface area contributed by atoms with E-state index in [9.17, 15) is 0 Å². The first kappa shape index (κ1) is 30.5. The lowest BCUT2D eigenvalue weighted by molar-refractivity contribution is 0.386. The van der Waals surface area contributed by atoms with E-state index in [1.165, 1.54) is 27.8 Å². The van der Waals surface area contributed by atoms with Gasteiger partial charge in [-0.15, -0.1) is 0 Å². The number of ether oxygens (including phenoxy) is 1. The van der Waals surface area contributed by atoms with Crippen LogP contribution in [-0.2, 0) is 5.41 Å². The highest BCUT2D eigenvalue weighted by Gasteiger charge is 2.49. The first-order valence-electron chi connectivity index (χ1n) is 17.3. The Hall–Kier alpha value is -6.58. The van der Waals surface area contributed by atoms with Gasteiger partial charge in [-0.25, -0.2) is 9.97 Å². The number of para-hydroxylation sites is 1. The molecule has 0 saturated heterocycles. The molecule has 3 nitrogen and oxygen atoms in total. The van der Waals surface area contributed by atoms with Gasteiger partial charge >= 0.3 is 0 Å². The van der Waals surface area contributed by atoms with Crippen molar-refractivity contribution in [2.24, 2.45) is 0 Å². The Kier molecular flexibility index (Phi) is 7.40. The van der Waals surface area contributed by atoms with Crippen molar-refractivity contribution in [2.75, 3.05) is 0 Å². The van der Waals surface area contributed by atoms with E-state index < -0.39 is 5.41 Å². The van der Waals surface area contributed by atoms with Gasteiger partial charge in [0.25, 0.3) is 0 Å². The van der Waals surface area contributed by atoms with Crippen LogP contribution in [0.4, 0.5) is 0 Å². The highest BCUT2D eigenvalue weighted by atomic mass is 16.5. The van der Waals surface area contributed by atoms with E-state index >= 15 is 0 Å². The van der Waals surface area contributed by atoms with Crippen molar-refractivity contribution in [3.8, 4) is 61.9 Å². The first-order valence-corrected chi connectivity index (χ1v) is 17.3.